The minimum absolute atomic E-state index is 0.336. The highest BCUT2D eigenvalue weighted by Gasteiger charge is 2.51. The Labute approximate surface area is 65.3 Å². The van der Waals surface area contributed by atoms with E-state index in [9.17, 15) is 15.0 Å². The highest BCUT2D eigenvalue weighted by Crippen LogP contribution is 2.33. The molecular weight excluding hydrogens is 144 g/mol. The Morgan fingerprint density at radius 1 is 1.55 bits per heavy atom. The van der Waals surface area contributed by atoms with E-state index in [1.807, 2.05) is 0 Å². The first-order valence-corrected chi connectivity index (χ1v) is 3.62. The fourth-order valence-corrected chi connectivity index (χ4v) is 1.21. The molecule has 0 aliphatic heterocycles. The van der Waals surface area contributed by atoms with E-state index in [1.54, 1.807) is 6.92 Å². The standard InChI is InChI=1S/C8H12O3/c1-3-8(11)5-4-6(9)7(8,2)10/h4-5,10-11H,3H2,1-2H3/t7-,8-/m1/s1. The van der Waals surface area contributed by atoms with Gasteiger partial charge in [0.05, 0.1) is 0 Å². The highest BCUT2D eigenvalue weighted by molar-refractivity contribution is 6.01. The monoisotopic (exact) mass is 156 g/mol. The quantitative estimate of drug-likeness (QED) is 0.562. The van der Waals surface area contributed by atoms with Crippen molar-refractivity contribution in [2.75, 3.05) is 0 Å². The zero-order valence-electron chi connectivity index (χ0n) is 6.66. The van der Waals surface area contributed by atoms with Gasteiger partial charge < -0.3 is 10.2 Å². The molecule has 0 spiro atoms. The summed E-state index contributed by atoms with van der Waals surface area (Å²) in [5.74, 6) is -0.429. The molecule has 0 aromatic carbocycles. The van der Waals surface area contributed by atoms with Gasteiger partial charge in [-0.1, -0.05) is 6.92 Å². The summed E-state index contributed by atoms with van der Waals surface area (Å²) in [6.07, 6.45) is 2.92. The van der Waals surface area contributed by atoms with E-state index in [0.29, 0.717) is 6.42 Å². The fourth-order valence-electron chi connectivity index (χ4n) is 1.21. The van der Waals surface area contributed by atoms with Crippen molar-refractivity contribution in [2.24, 2.45) is 0 Å². The first-order valence-electron chi connectivity index (χ1n) is 3.62. The minimum Gasteiger partial charge on any atom is -0.382 e. The molecule has 0 saturated carbocycles. The predicted molar refractivity (Wildman–Crippen MR) is 40.0 cm³/mol. The Morgan fingerprint density at radius 3 is 2.27 bits per heavy atom. The number of ketones is 1. The summed E-state index contributed by atoms with van der Waals surface area (Å²) in [6.45, 7) is 3.05. The first-order chi connectivity index (χ1) is 4.94. The van der Waals surface area contributed by atoms with Crippen LogP contribution in [0.15, 0.2) is 12.2 Å². The van der Waals surface area contributed by atoms with Crippen LogP contribution in [0.1, 0.15) is 20.3 Å². The Kier molecular flexibility index (Phi) is 1.65. The maximum absolute atomic E-state index is 11.0. The number of hydrogen-bond acceptors (Lipinski definition) is 3. The molecule has 62 valence electrons. The Morgan fingerprint density at radius 2 is 2.09 bits per heavy atom. The Bertz CT molecular complexity index is 217. The molecule has 1 rings (SSSR count). The van der Waals surface area contributed by atoms with Crippen LogP contribution in [0.3, 0.4) is 0 Å². The molecule has 2 atom stereocenters. The molecule has 0 heterocycles. The molecule has 1 aliphatic rings. The molecule has 0 unspecified atom stereocenters. The van der Waals surface area contributed by atoms with Crippen molar-refractivity contribution in [1.82, 2.24) is 0 Å². The van der Waals surface area contributed by atoms with E-state index >= 15 is 0 Å². The summed E-state index contributed by atoms with van der Waals surface area (Å²) in [5, 5.41) is 19.2. The molecule has 0 radical (unpaired) electrons. The van der Waals surface area contributed by atoms with Crippen LogP contribution < -0.4 is 0 Å². The number of hydrogen-bond donors (Lipinski definition) is 2. The second-order valence-corrected chi connectivity index (χ2v) is 3.05. The van der Waals surface area contributed by atoms with Crippen molar-refractivity contribution < 1.29 is 15.0 Å². The zero-order chi connectivity index (χ0) is 8.70. The summed E-state index contributed by atoms with van der Waals surface area (Å²) in [4.78, 5) is 11.0. The van der Waals surface area contributed by atoms with Crippen LogP contribution in [0.4, 0.5) is 0 Å². The molecule has 1 aliphatic carbocycles. The second kappa shape index (κ2) is 2.16. The Hall–Kier alpha value is -0.670. The first kappa shape index (κ1) is 8.43. The number of carbonyl (C=O) groups excluding carboxylic acids is 1. The molecule has 0 bridgehead atoms. The van der Waals surface area contributed by atoms with Crippen LogP contribution in [-0.4, -0.2) is 27.2 Å². The van der Waals surface area contributed by atoms with E-state index in [1.165, 1.54) is 19.1 Å². The lowest BCUT2D eigenvalue weighted by Gasteiger charge is -2.31. The van der Waals surface area contributed by atoms with Gasteiger partial charge in [-0.05, 0) is 25.5 Å². The molecule has 3 heteroatoms. The third-order valence-corrected chi connectivity index (χ3v) is 2.37. The molecule has 0 aromatic heterocycles. The lowest BCUT2D eigenvalue weighted by atomic mass is 9.85. The second-order valence-electron chi connectivity index (χ2n) is 3.05. The van der Waals surface area contributed by atoms with Crippen molar-refractivity contribution in [2.45, 2.75) is 31.5 Å². The highest BCUT2D eigenvalue weighted by atomic mass is 16.4. The van der Waals surface area contributed by atoms with E-state index in [-0.39, 0.29) is 0 Å². The van der Waals surface area contributed by atoms with Crippen LogP contribution >= 0.6 is 0 Å². The van der Waals surface area contributed by atoms with E-state index in [4.69, 9.17) is 0 Å². The summed E-state index contributed by atoms with van der Waals surface area (Å²) in [7, 11) is 0. The third-order valence-electron chi connectivity index (χ3n) is 2.37. The summed E-state index contributed by atoms with van der Waals surface area (Å²) >= 11 is 0. The Balaban J connectivity index is 3.03. The number of rotatable bonds is 1. The van der Waals surface area contributed by atoms with Gasteiger partial charge in [0.15, 0.2) is 11.4 Å². The van der Waals surface area contributed by atoms with Gasteiger partial charge in [0, 0.05) is 0 Å². The van der Waals surface area contributed by atoms with Crippen molar-refractivity contribution in [3.63, 3.8) is 0 Å². The van der Waals surface area contributed by atoms with Crippen molar-refractivity contribution in [1.29, 1.82) is 0 Å². The fraction of sp³-hybridized carbons (Fsp3) is 0.625. The molecular formula is C8H12O3. The van der Waals surface area contributed by atoms with Crippen LogP contribution in [0.25, 0.3) is 0 Å². The van der Waals surface area contributed by atoms with Gasteiger partial charge in [0.1, 0.15) is 5.60 Å². The van der Waals surface area contributed by atoms with Crippen molar-refractivity contribution >= 4 is 5.78 Å². The maximum atomic E-state index is 11.0. The lowest BCUT2D eigenvalue weighted by Crippen LogP contribution is -2.51. The van der Waals surface area contributed by atoms with Gasteiger partial charge in [0.25, 0.3) is 0 Å². The average Bonchev–Trinajstić information content (AvgIpc) is 2.15. The number of carbonyl (C=O) groups is 1. The lowest BCUT2D eigenvalue weighted by molar-refractivity contribution is -0.149. The van der Waals surface area contributed by atoms with E-state index in [0.717, 1.165) is 0 Å². The smallest absolute Gasteiger partial charge is 0.189 e. The molecule has 0 aromatic rings. The average molecular weight is 156 g/mol. The zero-order valence-corrected chi connectivity index (χ0v) is 6.66. The van der Waals surface area contributed by atoms with Gasteiger partial charge in [0.2, 0.25) is 0 Å². The van der Waals surface area contributed by atoms with Crippen LogP contribution in [0.5, 0.6) is 0 Å². The van der Waals surface area contributed by atoms with E-state index in [2.05, 4.69) is 0 Å². The molecule has 3 nitrogen and oxygen atoms in total. The van der Waals surface area contributed by atoms with Gasteiger partial charge in [-0.3, -0.25) is 4.79 Å². The SMILES string of the molecule is CC[C@@]1(O)C=CC(=O)[C@@]1(C)O. The van der Waals surface area contributed by atoms with Gasteiger partial charge in [-0.2, -0.15) is 0 Å². The van der Waals surface area contributed by atoms with Gasteiger partial charge >= 0.3 is 0 Å². The summed E-state index contributed by atoms with van der Waals surface area (Å²) in [5.41, 5.74) is -3.01. The third kappa shape index (κ3) is 0.921. The van der Waals surface area contributed by atoms with Crippen molar-refractivity contribution in [3.8, 4) is 0 Å². The van der Waals surface area contributed by atoms with Crippen molar-refractivity contribution in [3.05, 3.63) is 12.2 Å². The molecule has 11 heavy (non-hydrogen) atoms. The topological polar surface area (TPSA) is 57.5 Å². The molecule has 0 saturated heterocycles. The minimum atomic E-state index is -1.64. The van der Waals surface area contributed by atoms with Crippen LogP contribution in [0.2, 0.25) is 0 Å². The summed E-state index contributed by atoms with van der Waals surface area (Å²) < 4.78 is 0. The largest absolute Gasteiger partial charge is 0.382 e. The van der Waals surface area contributed by atoms with Crippen LogP contribution in [-0.2, 0) is 4.79 Å². The predicted octanol–water partition coefficient (Wildman–Crippen LogP) is 0.0174. The van der Waals surface area contributed by atoms with Gasteiger partial charge in [-0.15, -0.1) is 0 Å². The molecule has 2 N–H and O–H groups in total. The number of aliphatic hydroxyl groups is 2. The maximum Gasteiger partial charge on any atom is 0.189 e. The van der Waals surface area contributed by atoms with E-state index < -0.39 is 17.0 Å². The van der Waals surface area contributed by atoms with Crippen LogP contribution in [0, 0.1) is 0 Å². The molecule has 0 amide bonds. The van der Waals surface area contributed by atoms with Gasteiger partial charge in [-0.25, -0.2) is 0 Å². The molecule has 0 fully saturated rings. The normalized spacial score (nSPS) is 43.5. The summed E-state index contributed by atoms with van der Waals surface area (Å²) in [6, 6.07) is 0.